The zero-order chi connectivity index (χ0) is 13.0. The highest BCUT2D eigenvalue weighted by Crippen LogP contribution is 2.19. The summed E-state index contributed by atoms with van der Waals surface area (Å²) in [5.41, 5.74) is 0. The molecule has 0 aromatic carbocycles. The van der Waals surface area contributed by atoms with E-state index in [4.69, 9.17) is 11.2 Å². The molecule has 7 heteroatoms. The number of amides is 1. The number of ether oxygens (including phenoxy) is 1. The first-order valence-corrected chi connectivity index (χ1v) is 4.67. The first kappa shape index (κ1) is 11.5. The fourth-order valence-corrected chi connectivity index (χ4v) is 1.47. The van der Waals surface area contributed by atoms with Crippen molar-refractivity contribution < 1.29 is 31.3 Å². The number of carbonyl (C=O) groups is 1. The minimum atomic E-state index is -1.55. The topological polar surface area (TPSA) is 119 Å². The number of nitrogens with one attached hydrogen (secondary N) is 1. The molecule has 0 radical (unpaired) electrons. The highest BCUT2D eigenvalue weighted by atomic mass is 16.6. The number of hydrogen-bond acceptors (Lipinski definition) is 6. The average Bonchev–Trinajstić information content (AvgIpc) is 2.29. The lowest BCUT2D eigenvalue weighted by Gasteiger charge is -2.40. The molecule has 16 heavy (non-hydrogen) atoms. The zero-order valence-corrected chi connectivity index (χ0v) is 8.35. The van der Waals surface area contributed by atoms with Crippen LogP contribution in [0.3, 0.4) is 0 Å². The monoisotopic (exact) mass is 234 g/mol. The molecule has 1 saturated heterocycles. The lowest BCUT2D eigenvalue weighted by Crippen LogP contribution is -2.64. The van der Waals surface area contributed by atoms with Crippen LogP contribution in [0.15, 0.2) is 12.6 Å². The van der Waals surface area contributed by atoms with Crippen LogP contribution in [0.5, 0.6) is 0 Å². The molecule has 0 aromatic heterocycles. The molecule has 1 unspecified atom stereocenters. The Hall–Kier alpha value is -0.990. The fraction of sp³-hybridized carbons (Fsp3) is 0.667. The number of aliphatic hydroxyl groups is 4. The van der Waals surface area contributed by atoms with Crippen LogP contribution in [-0.4, -0.2) is 63.6 Å². The summed E-state index contributed by atoms with van der Waals surface area (Å²) in [4.78, 5) is 11.1. The molecule has 1 aliphatic rings. The number of rotatable bonds is 3. The van der Waals surface area contributed by atoms with E-state index < -0.39 is 43.2 Å². The van der Waals surface area contributed by atoms with Gasteiger partial charge in [0.15, 0.2) is 6.29 Å². The van der Waals surface area contributed by atoms with E-state index in [0.29, 0.717) is 0 Å². The van der Waals surface area contributed by atoms with Gasteiger partial charge in [-0.1, -0.05) is 6.55 Å². The molecule has 0 saturated carbocycles. The Balaban J connectivity index is 2.69. The molecule has 0 bridgehead atoms. The van der Waals surface area contributed by atoms with E-state index in [1.807, 2.05) is 0 Å². The molecule has 5 N–H and O–H groups in total. The number of hydrogen-bond donors (Lipinski definition) is 5. The number of carbonyl (C=O) groups excluding carboxylic acids is 1. The Morgan fingerprint density at radius 1 is 1.50 bits per heavy atom. The van der Waals surface area contributed by atoms with Crippen molar-refractivity contribution in [2.75, 3.05) is 6.61 Å². The molecule has 7 nitrogen and oxygen atoms in total. The van der Waals surface area contributed by atoms with Crippen molar-refractivity contribution in [1.29, 1.82) is 0 Å². The summed E-state index contributed by atoms with van der Waals surface area (Å²) < 4.78 is 11.5. The maximum Gasteiger partial charge on any atom is 0.243 e. The maximum absolute atomic E-state index is 11.1. The standard InChI is InChI=1S/C9H15NO6/c1-2-5(12)10-6-8(14)7(13)4(3-11)16-9(6)15/h2,4,6-9,11,13-15H,1,3H2,(H,10,12)/t4-,6-,7-,8-,9?/m1/s1/i1D. The highest BCUT2D eigenvalue weighted by molar-refractivity contribution is 5.87. The van der Waals surface area contributed by atoms with Gasteiger partial charge < -0.3 is 30.5 Å². The van der Waals surface area contributed by atoms with Crippen LogP contribution in [0, 0.1) is 0 Å². The van der Waals surface area contributed by atoms with Gasteiger partial charge >= 0.3 is 0 Å². The van der Waals surface area contributed by atoms with E-state index in [-0.39, 0.29) is 0 Å². The Labute approximate surface area is 93.4 Å². The molecule has 92 valence electrons. The summed E-state index contributed by atoms with van der Waals surface area (Å²) in [6, 6.07) is -1.23. The van der Waals surface area contributed by atoms with Crippen molar-refractivity contribution >= 4 is 5.91 Å². The molecule has 1 heterocycles. The SMILES string of the molecule is [2H]C=CC(=O)N[C@H]1C(O)O[C@H](CO)[C@@H](O)[C@@H]1O. The largest absolute Gasteiger partial charge is 0.394 e. The molecular weight excluding hydrogens is 218 g/mol. The van der Waals surface area contributed by atoms with Crippen LogP contribution in [-0.2, 0) is 9.53 Å². The zero-order valence-electron chi connectivity index (χ0n) is 9.35. The van der Waals surface area contributed by atoms with E-state index in [1.54, 1.807) is 0 Å². The second kappa shape index (κ2) is 5.37. The molecule has 5 atom stereocenters. The van der Waals surface area contributed by atoms with Crippen molar-refractivity contribution in [3.05, 3.63) is 12.6 Å². The van der Waals surface area contributed by atoms with Crippen molar-refractivity contribution in [1.82, 2.24) is 5.32 Å². The van der Waals surface area contributed by atoms with Crippen LogP contribution < -0.4 is 5.32 Å². The van der Waals surface area contributed by atoms with Gasteiger partial charge in [0, 0.05) is 0 Å². The van der Waals surface area contributed by atoms with Gasteiger partial charge in [-0.25, -0.2) is 0 Å². The summed E-state index contributed by atoms with van der Waals surface area (Å²) in [6.07, 6.45) is -4.68. The Bertz CT molecular complexity index is 299. The fourth-order valence-electron chi connectivity index (χ4n) is 1.47. The summed E-state index contributed by atoms with van der Waals surface area (Å²) in [6.45, 7) is 0.174. The van der Waals surface area contributed by atoms with E-state index in [1.165, 1.54) is 0 Å². The predicted octanol–water partition coefficient (Wildman–Crippen LogP) is -2.91. The molecule has 0 aromatic rings. The third-order valence-electron chi connectivity index (χ3n) is 2.36. The quantitative estimate of drug-likeness (QED) is 0.334. The second-order valence-corrected chi connectivity index (χ2v) is 3.43. The molecule has 1 amide bonds. The molecule has 0 aliphatic carbocycles. The number of aliphatic hydroxyl groups excluding tert-OH is 4. The van der Waals surface area contributed by atoms with Gasteiger partial charge in [-0.3, -0.25) is 4.79 Å². The van der Waals surface area contributed by atoms with Crippen LogP contribution >= 0.6 is 0 Å². The van der Waals surface area contributed by atoms with E-state index in [2.05, 4.69) is 5.32 Å². The van der Waals surface area contributed by atoms with Gasteiger partial charge in [-0.15, -0.1) is 0 Å². The third kappa shape index (κ3) is 2.57. The van der Waals surface area contributed by atoms with Crippen LogP contribution in [0.1, 0.15) is 1.37 Å². The first-order valence-electron chi connectivity index (χ1n) is 5.25. The van der Waals surface area contributed by atoms with E-state index in [0.717, 1.165) is 12.6 Å². The summed E-state index contributed by atoms with van der Waals surface area (Å²) in [7, 11) is 0. The van der Waals surface area contributed by atoms with Gasteiger partial charge in [0.05, 0.1) is 7.98 Å². The third-order valence-corrected chi connectivity index (χ3v) is 2.36. The summed E-state index contributed by atoms with van der Waals surface area (Å²) in [5, 5.41) is 39.6. The Morgan fingerprint density at radius 3 is 2.75 bits per heavy atom. The Morgan fingerprint density at radius 2 is 2.19 bits per heavy atom. The molecule has 1 aliphatic heterocycles. The lowest BCUT2D eigenvalue weighted by molar-refractivity contribution is -0.253. The molecule has 1 fully saturated rings. The molecule has 1 rings (SSSR count). The van der Waals surface area contributed by atoms with Gasteiger partial charge in [0.1, 0.15) is 24.4 Å². The van der Waals surface area contributed by atoms with E-state index >= 15 is 0 Å². The maximum atomic E-state index is 11.1. The smallest absolute Gasteiger partial charge is 0.243 e. The van der Waals surface area contributed by atoms with Gasteiger partial charge in [-0.2, -0.15) is 0 Å². The van der Waals surface area contributed by atoms with Gasteiger partial charge in [0.2, 0.25) is 5.91 Å². The van der Waals surface area contributed by atoms with Gasteiger partial charge in [0.25, 0.3) is 0 Å². The second-order valence-electron chi connectivity index (χ2n) is 3.43. The van der Waals surface area contributed by atoms with E-state index in [9.17, 15) is 20.1 Å². The van der Waals surface area contributed by atoms with Crippen molar-refractivity contribution in [3.63, 3.8) is 0 Å². The minimum Gasteiger partial charge on any atom is -0.394 e. The molecule has 0 spiro atoms. The summed E-state index contributed by atoms with van der Waals surface area (Å²) in [5.74, 6) is -0.707. The average molecular weight is 234 g/mol. The molecular formula is C9H15NO6. The van der Waals surface area contributed by atoms with Crippen LogP contribution in [0.2, 0.25) is 0 Å². The Kier molecular flexibility index (Phi) is 3.86. The summed E-state index contributed by atoms with van der Waals surface area (Å²) >= 11 is 0. The predicted molar refractivity (Wildman–Crippen MR) is 52.1 cm³/mol. The van der Waals surface area contributed by atoms with Crippen molar-refractivity contribution in [2.24, 2.45) is 0 Å². The first-order chi connectivity index (χ1) is 8.01. The minimum absolute atomic E-state index is 0.567. The van der Waals surface area contributed by atoms with Crippen molar-refractivity contribution in [2.45, 2.75) is 30.6 Å². The van der Waals surface area contributed by atoms with Crippen LogP contribution in [0.4, 0.5) is 0 Å². The van der Waals surface area contributed by atoms with Crippen molar-refractivity contribution in [3.8, 4) is 0 Å². The van der Waals surface area contributed by atoms with Gasteiger partial charge in [-0.05, 0) is 6.08 Å². The lowest BCUT2D eigenvalue weighted by atomic mass is 9.97. The normalized spacial score (nSPS) is 40.8. The highest BCUT2D eigenvalue weighted by Gasteiger charge is 2.43. The van der Waals surface area contributed by atoms with Crippen LogP contribution in [0.25, 0.3) is 0 Å².